The van der Waals surface area contributed by atoms with Crippen molar-refractivity contribution < 1.29 is 22.4 Å². The lowest BCUT2D eigenvalue weighted by atomic mass is 10.3. The lowest BCUT2D eigenvalue weighted by molar-refractivity contribution is -0.117. The van der Waals surface area contributed by atoms with E-state index < -0.39 is 36.7 Å². The first-order valence-corrected chi connectivity index (χ1v) is 9.95. The second-order valence-electron chi connectivity index (χ2n) is 6.90. The van der Waals surface area contributed by atoms with E-state index in [2.05, 4.69) is 34.1 Å². The zero-order valence-electron chi connectivity index (χ0n) is 17.2. The van der Waals surface area contributed by atoms with E-state index in [1.807, 2.05) is 22.8 Å². The third-order valence-corrected chi connectivity index (χ3v) is 5.01. The predicted molar refractivity (Wildman–Crippen MR) is 108 cm³/mol. The van der Waals surface area contributed by atoms with Crippen LogP contribution in [-0.2, 0) is 17.9 Å². The number of aromatic nitrogens is 4. The third kappa shape index (κ3) is 5.22. The zero-order valence-corrected chi connectivity index (χ0v) is 17.2. The molecule has 31 heavy (non-hydrogen) atoms. The molecule has 11 heteroatoms. The summed E-state index contributed by atoms with van der Waals surface area (Å²) in [6.45, 7) is 6.48. The lowest BCUT2D eigenvalue weighted by Gasteiger charge is -2.19. The Bertz CT molecular complexity index is 1030. The molecule has 0 bridgehead atoms. The second kappa shape index (κ2) is 9.90. The summed E-state index contributed by atoms with van der Waals surface area (Å²) >= 11 is 0. The molecule has 0 aliphatic carbocycles. The van der Waals surface area contributed by atoms with Crippen molar-refractivity contribution >= 4 is 22.9 Å². The lowest BCUT2D eigenvalue weighted by Crippen LogP contribution is -2.28. The Labute approximate surface area is 176 Å². The quantitative estimate of drug-likeness (QED) is 0.483. The number of rotatable bonds is 10. The molecule has 0 unspecified atom stereocenters. The number of nitrogens with one attached hydrogen (secondary N) is 1. The van der Waals surface area contributed by atoms with Gasteiger partial charge in [-0.1, -0.05) is 26.0 Å². The number of amides is 1. The molecule has 0 atom stereocenters. The number of fused-ring (bicyclic) bond motifs is 1. The highest BCUT2D eigenvalue weighted by Gasteiger charge is 2.23. The van der Waals surface area contributed by atoms with Gasteiger partial charge in [-0.15, -0.1) is 0 Å². The highest BCUT2D eigenvalue weighted by atomic mass is 19.3. The minimum Gasteiger partial charge on any atom is -0.309 e. The average molecular weight is 440 g/mol. The summed E-state index contributed by atoms with van der Waals surface area (Å²) in [4.78, 5) is 19.2. The summed E-state index contributed by atoms with van der Waals surface area (Å²) in [5, 5.41) is 6.07. The van der Waals surface area contributed by atoms with E-state index in [1.165, 1.54) is 0 Å². The van der Waals surface area contributed by atoms with Crippen LogP contribution in [-0.4, -0.2) is 49.8 Å². The van der Waals surface area contributed by atoms with Gasteiger partial charge in [-0.25, -0.2) is 22.5 Å². The van der Waals surface area contributed by atoms with Crippen molar-refractivity contribution in [1.82, 2.24) is 24.2 Å². The zero-order chi connectivity index (χ0) is 22.5. The number of nitrogens with zero attached hydrogens (tertiary/aromatic N) is 5. The molecule has 2 aromatic heterocycles. The number of imidazole rings is 1. The minimum absolute atomic E-state index is 0.262. The van der Waals surface area contributed by atoms with Gasteiger partial charge in [0, 0.05) is 13.1 Å². The van der Waals surface area contributed by atoms with Crippen LogP contribution in [0.1, 0.15) is 38.1 Å². The van der Waals surface area contributed by atoms with Gasteiger partial charge in [0.25, 0.3) is 12.9 Å². The Morgan fingerprint density at radius 2 is 1.84 bits per heavy atom. The van der Waals surface area contributed by atoms with Gasteiger partial charge in [-0.3, -0.25) is 14.8 Å². The molecule has 0 aliphatic heterocycles. The van der Waals surface area contributed by atoms with E-state index in [1.54, 1.807) is 6.07 Å². The summed E-state index contributed by atoms with van der Waals surface area (Å²) in [5.41, 5.74) is -0.0444. The number of carbonyl (C=O) groups is 1. The van der Waals surface area contributed by atoms with E-state index in [9.17, 15) is 22.4 Å². The fourth-order valence-corrected chi connectivity index (χ4v) is 3.34. The average Bonchev–Trinajstić information content (AvgIpc) is 3.30. The van der Waals surface area contributed by atoms with Gasteiger partial charge >= 0.3 is 0 Å². The molecule has 3 rings (SSSR count). The van der Waals surface area contributed by atoms with Gasteiger partial charge in [0.2, 0.25) is 11.9 Å². The molecule has 3 aromatic rings. The predicted octanol–water partition coefficient (Wildman–Crippen LogP) is 4.09. The largest absolute Gasteiger partial charge is 0.309 e. The molecule has 0 spiro atoms. The first-order valence-electron chi connectivity index (χ1n) is 9.95. The van der Waals surface area contributed by atoms with Gasteiger partial charge in [-0.05, 0) is 31.3 Å². The van der Waals surface area contributed by atoms with E-state index in [0.717, 1.165) is 25.2 Å². The maximum Gasteiger partial charge on any atom is 0.282 e. The smallest absolute Gasteiger partial charge is 0.282 e. The summed E-state index contributed by atoms with van der Waals surface area (Å²) in [6, 6.07) is 7.96. The summed E-state index contributed by atoms with van der Waals surface area (Å²) < 4.78 is 54.5. The molecule has 7 nitrogen and oxygen atoms in total. The maximum atomic E-state index is 13.2. The van der Waals surface area contributed by atoms with E-state index >= 15 is 0 Å². The first-order chi connectivity index (χ1) is 14.8. The van der Waals surface area contributed by atoms with Crippen molar-refractivity contribution in [2.75, 3.05) is 25.0 Å². The molecule has 2 heterocycles. The van der Waals surface area contributed by atoms with Crippen LogP contribution in [0.3, 0.4) is 0 Å². The fourth-order valence-electron chi connectivity index (χ4n) is 3.34. The Hall–Kier alpha value is -2.95. The molecular formula is C20H24F4N6O. The molecule has 0 fully saturated rings. The van der Waals surface area contributed by atoms with Gasteiger partial charge in [0.05, 0.1) is 11.0 Å². The number of halogens is 4. The summed E-state index contributed by atoms with van der Waals surface area (Å²) in [5.74, 6) is -0.427. The molecule has 1 N–H and O–H groups in total. The van der Waals surface area contributed by atoms with Crippen LogP contribution < -0.4 is 5.32 Å². The number of benzene rings is 1. The number of hydrogen-bond donors (Lipinski definition) is 1. The number of likely N-dealkylation sites (N-methyl/N-ethyl adjacent to an activating group) is 1. The van der Waals surface area contributed by atoms with Crippen LogP contribution in [0.5, 0.6) is 0 Å². The SMILES string of the molecule is CCN(CC)CCn1c(NC(=O)Cn2nc(C(F)F)cc2C(F)F)nc2ccccc21. The van der Waals surface area contributed by atoms with Gasteiger partial charge < -0.3 is 9.47 Å². The molecule has 168 valence electrons. The van der Waals surface area contributed by atoms with Crippen LogP contribution in [0.25, 0.3) is 11.0 Å². The number of hydrogen-bond acceptors (Lipinski definition) is 4. The number of alkyl halides is 4. The van der Waals surface area contributed by atoms with Crippen molar-refractivity contribution in [3.63, 3.8) is 0 Å². The van der Waals surface area contributed by atoms with Crippen molar-refractivity contribution in [1.29, 1.82) is 0 Å². The van der Waals surface area contributed by atoms with Crippen molar-refractivity contribution in [3.05, 3.63) is 41.7 Å². The molecular weight excluding hydrogens is 416 g/mol. The highest BCUT2D eigenvalue weighted by Crippen LogP contribution is 2.25. The monoisotopic (exact) mass is 440 g/mol. The Morgan fingerprint density at radius 1 is 1.13 bits per heavy atom. The molecule has 0 saturated carbocycles. The third-order valence-electron chi connectivity index (χ3n) is 5.01. The Balaban J connectivity index is 1.83. The van der Waals surface area contributed by atoms with Crippen molar-refractivity contribution in [2.45, 2.75) is 39.8 Å². The van der Waals surface area contributed by atoms with Crippen molar-refractivity contribution in [2.24, 2.45) is 0 Å². The number of anilines is 1. The fraction of sp³-hybridized carbons (Fsp3) is 0.450. The number of carbonyl (C=O) groups excluding carboxylic acids is 1. The van der Waals surface area contributed by atoms with Crippen molar-refractivity contribution in [3.8, 4) is 0 Å². The van der Waals surface area contributed by atoms with Gasteiger partial charge in [-0.2, -0.15) is 5.10 Å². The van der Waals surface area contributed by atoms with Crippen LogP contribution in [0.2, 0.25) is 0 Å². The van der Waals surface area contributed by atoms with Gasteiger partial charge in [0.1, 0.15) is 17.9 Å². The maximum absolute atomic E-state index is 13.2. The van der Waals surface area contributed by atoms with E-state index in [-0.39, 0.29) is 5.95 Å². The molecule has 0 aliphatic rings. The Morgan fingerprint density at radius 3 is 2.48 bits per heavy atom. The summed E-state index contributed by atoms with van der Waals surface area (Å²) in [7, 11) is 0. The topological polar surface area (TPSA) is 68.0 Å². The first kappa shape index (κ1) is 22.7. The molecule has 0 saturated heterocycles. The standard InChI is InChI=1S/C20H24F4N6O/c1-3-28(4-2)9-10-29-15-8-6-5-7-13(15)25-20(29)26-17(31)12-30-16(19(23)24)11-14(27-30)18(21)22/h5-8,11,18-19H,3-4,9-10,12H2,1-2H3,(H,25,26,31). The number of para-hydroxylation sites is 2. The van der Waals surface area contributed by atoms with E-state index in [4.69, 9.17) is 0 Å². The Kier molecular flexibility index (Phi) is 7.26. The minimum atomic E-state index is -3.04. The normalized spacial score (nSPS) is 11.9. The highest BCUT2D eigenvalue weighted by molar-refractivity contribution is 5.91. The van der Waals surface area contributed by atoms with Crippen LogP contribution in [0.15, 0.2) is 30.3 Å². The summed E-state index contributed by atoms with van der Waals surface area (Å²) in [6.07, 6.45) is -6.04. The van der Waals surface area contributed by atoms with E-state index in [0.29, 0.717) is 22.8 Å². The van der Waals surface area contributed by atoms with Crippen LogP contribution >= 0.6 is 0 Å². The molecule has 1 aromatic carbocycles. The van der Waals surface area contributed by atoms with Gasteiger partial charge in [0.15, 0.2) is 0 Å². The molecule has 1 amide bonds. The molecule has 0 radical (unpaired) electrons. The second-order valence-corrected chi connectivity index (χ2v) is 6.90. The van der Waals surface area contributed by atoms with Crippen LogP contribution in [0.4, 0.5) is 23.5 Å². The van der Waals surface area contributed by atoms with Crippen LogP contribution in [0, 0.1) is 0 Å².